The Kier molecular flexibility index (Phi) is 2.98. The molecule has 18 heavy (non-hydrogen) atoms. The van der Waals surface area contributed by atoms with E-state index in [1.54, 1.807) is 6.33 Å². The standard InChI is InChI=1S/C14H21N3O/c1-17(9-14(18)7-2-3-8-14)13-11-5-4-6-12(11)15-10-16-13/h10,18H,2-9H2,1H3. The fraction of sp³-hybridized carbons (Fsp3) is 0.714. The molecule has 1 N–H and O–H groups in total. The zero-order chi connectivity index (χ0) is 12.6. The van der Waals surface area contributed by atoms with Crippen LogP contribution in [0.15, 0.2) is 6.33 Å². The van der Waals surface area contributed by atoms with Gasteiger partial charge in [0, 0.05) is 24.8 Å². The maximum atomic E-state index is 10.5. The van der Waals surface area contributed by atoms with E-state index in [1.165, 1.54) is 17.7 Å². The number of fused-ring (bicyclic) bond motifs is 1. The average Bonchev–Trinajstić information content (AvgIpc) is 2.96. The first-order valence-electron chi connectivity index (χ1n) is 6.94. The fourth-order valence-electron chi connectivity index (χ4n) is 3.38. The Morgan fingerprint density at radius 2 is 2.00 bits per heavy atom. The molecule has 2 aliphatic carbocycles. The molecule has 1 aromatic heterocycles. The third-order valence-corrected chi connectivity index (χ3v) is 4.28. The fourth-order valence-corrected chi connectivity index (χ4v) is 3.38. The second kappa shape index (κ2) is 4.50. The lowest BCUT2D eigenvalue weighted by atomic mass is 10.0. The van der Waals surface area contributed by atoms with E-state index in [4.69, 9.17) is 0 Å². The third kappa shape index (κ3) is 2.09. The van der Waals surface area contributed by atoms with Crippen LogP contribution in [0.2, 0.25) is 0 Å². The molecule has 0 radical (unpaired) electrons. The summed E-state index contributed by atoms with van der Waals surface area (Å²) in [5.41, 5.74) is 1.98. The molecular formula is C14H21N3O. The number of anilines is 1. The van der Waals surface area contributed by atoms with E-state index in [0.717, 1.165) is 44.3 Å². The number of hydrogen-bond acceptors (Lipinski definition) is 4. The normalized spacial score (nSPS) is 21.0. The molecule has 0 amide bonds. The van der Waals surface area contributed by atoms with E-state index in [-0.39, 0.29) is 0 Å². The number of nitrogens with zero attached hydrogens (tertiary/aromatic N) is 3. The Labute approximate surface area is 108 Å². The van der Waals surface area contributed by atoms with Crippen LogP contribution in [-0.2, 0) is 12.8 Å². The van der Waals surface area contributed by atoms with Gasteiger partial charge in [0.2, 0.25) is 0 Å². The van der Waals surface area contributed by atoms with Crippen molar-refractivity contribution in [1.29, 1.82) is 0 Å². The van der Waals surface area contributed by atoms with E-state index in [0.29, 0.717) is 6.54 Å². The SMILES string of the molecule is CN(CC1(O)CCCC1)c1ncnc2c1CCC2. The van der Waals surface area contributed by atoms with Crippen molar-refractivity contribution in [1.82, 2.24) is 9.97 Å². The highest BCUT2D eigenvalue weighted by Gasteiger charge is 2.33. The van der Waals surface area contributed by atoms with Gasteiger partial charge in [-0.1, -0.05) is 12.8 Å². The van der Waals surface area contributed by atoms with Crippen molar-refractivity contribution in [3.63, 3.8) is 0 Å². The van der Waals surface area contributed by atoms with Gasteiger partial charge in [0.25, 0.3) is 0 Å². The first-order chi connectivity index (χ1) is 8.68. The first kappa shape index (κ1) is 11.9. The van der Waals surface area contributed by atoms with Gasteiger partial charge >= 0.3 is 0 Å². The minimum atomic E-state index is -0.509. The molecule has 3 rings (SSSR count). The summed E-state index contributed by atoms with van der Waals surface area (Å²) in [5.74, 6) is 1.03. The first-order valence-corrected chi connectivity index (χ1v) is 6.94. The summed E-state index contributed by atoms with van der Waals surface area (Å²) in [7, 11) is 2.04. The lowest BCUT2D eigenvalue weighted by Crippen LogP contribution is -2.40. The Hall–Kier alpha value is -1.16. The highest BCUT2D eigenvalue weighted by atomic mass is 16.3. The van der Waals surface area contributed by atoms with Crippen molar-refractivity contribution in [3.05, 3.63) is 17.6 Å². The minimum Gasteiger partial charge on any atom is -0.388 e. The summed E-state index contributed by atoms with van der Waals surface area (Å²) in [6.07, 6.45) is 9.12. The summed E-state index contributed by atoms with van der Waals surface area (Å²) < 4.78 is 0. The number of aromatic nitrogens is 2. The molecule has 0 bridgehead atoms. The zero-order valence-corrected chi connectivity index (χ0v) is 11.0. The molecule has 0 aromatic carbocycles. The van der Waals surface area contributed by atoms with Gasteiger partial charge in [-0.3, -0.25) is 0 Å². The third-order valence-electron chi connectivity index (χ3n) is 4.28. The largest absolute Gasteiger partial charge is 0.388 e. The van der Waals surface area contributed by atoms with Gasteiger partial charge in [0.15, 0.2) is 0 Å². The van der Waals surface area contributed by atoms with Crippen LogP contribution in [-0.4, -0.2) is 34.3 Å². The molecule has 98 valence electrons. The molecule has 0 atom stereocenters. The predicted molar refractivity (Wildman–Crippen MR) is 70.7 cm³/mol. The van der Waals surface area contributed by atoms with Crippen LogP contribution in [0.5, 0.6) is 0 Å². The topological polar surface area (TPSA) is 49.2 Å². The van der Waals surface area contributed by atoms with Crippen LogP contribution >= 0.6 is 0 Å². The van der Waals surface area contributed by atoms with E-state index >= 15 is 0 Å². The lowest BCUT2D eigenvalue weighted by Gasteiger charge is -2.30. The van der Waals surface area contributed by atoms with Gasteiger partial charge in [0.1, 0.15) is 12.1 Å². The molecule has 0 unspecified atom stereocenters. The number of rotatable bonds is 3. The lowest BCUT2D eigenvalue weighted by molar-refractivity contribution is 0.0557. The van der Waals surface area contributed by atoms with Crippen molar-refractivity contribution < 1.29 is 5.11 Å². The number of hydrogen-bond donors (Lipinski definition) is 1. The second-order valence-corrected chi connectivity index (χ2v) is 5.76. The van der Waals surface area contributed by atoms with Gasteiger partial charge in [-0.25, -0.2) is 9.97 Å². The van der Waals surface area contributed by atoms with Crippen LogP contribution in [0.3, 0.4) is 0 Å². The molecule has 1 fully saturated rings. The summed E-state index contributed by atoms with van der Waals surface area (Å²) >= 11 is 0. The Bertz CT molecular complexity index is 441. The van der Waals surface area contributed by atoms with Gasteiger partial charge in [0.05, 0.1) is 5.60 Å². The van der Waals surface area contributed by atoms with Gasteiger partial charge < -0.3 is 10.0 Å². The van der Waals surface area contributed by atoms with Crippen molar-refractivity contribution in [2.45, 2.75) is 50.5 Å². The van der Waals surface area contributed by atoms with E-state index < -0.39 is 5.60 Å². The van der Waals surface area contributed by atoms with Crippen LogP contribution in [0, 0.1) is 0 Å². The minimum absolute atomic E-state index is 0.509. The molecule has 1 saturated carbocycles. The molecule has 4 nitrogen and oxygen atoms in total. The van der Waals surface area contributed by atoms with Gasteiger partial charge in [-0.05, 0) is 32.1 Å². The number of aliphatic hydroxyl groups is 1. The van der Waals surface area contributed by atoms with Crippen LogP contribution in [0.1, 0.15) is 43.4 Å². The highest BCUT2D eigenvalue weighted by molar-refractivity contribution is 5.50. The predicted octanol–water partition coefficient (Wildman–Crippen LogP) is 1.71. The van der Waals surface area contributed by atoms with Gasteiger partial charge in [-0.15, -0.1) is 0 Å². The monoisotopic (exact) mass is 247 g/mol. The summed E-state index contributed by atoms with van der Waals surface area (Å²) in [6, 6.07) is 0. The zero-order valence-electron chi connectivity index (χ0n) is 11.0. The maximum Gasteiger partial charge on any atom is 0.135 e. The van der Waals surface area contributed by atoms with Crippen molar-refractivity contribution in [2.24, 2.45) is 0 Å². The summed E-state index contributed by atoms with van der Waals surface area (Å²) in [6.45, 7) is 0.691. The smallest absolute Gasteiger partial charge is 0.135 e. The summed E-state index contributed by atoms with van der Waals surface area (Å²) in [5, 5.41) is 10.5. The van der Waals surface area contributed by atoms with E-state index in [2.05, 4.69) is 14.9 Å². The average molecular weight is 247 g/mol. The second-order valence-electron chi connectivity index (χ2n) is 5.76. The molecule has 0 spiro atoms. The molecule has 1 aromatic rings. The Morgan fingerprint density at radius 1 is 1.22 bits per heavy atom. The maximum absolute atomic E-state index is 10.5. The molecule has 1 heterocycles. The Morgan fingerprint density at radius 3 is 2.78 bits per heavy atom. The molecule has 2 aliphatic rings. The van der Waals surface area contributed by atoms with Crippen LogP contribution in [0.4, 0.5) is 5.82 Å². The molecule has 0 aliphatic heterocycles. The highest BCUT2D eigenvalue weighted by Crippen LogP contribution is 2.33. The molecule has 0 saturated heterocycles. The number of aryl methyl sites for hydroxylation is 1. The molecule has 4 heteroatoms. The van der Waals surface area contributed by atoms with Crippen molar-refractivity contribution >= 4 is 5.82 Å². The number of likely N-dealkylation sites (N-methyl/N-ethyl adjacent to an activating group) is 1. The van der Waals surface area contributed by atoms with Gasteiger partial charge in [-0.2, -0.15) is 0 Å². The summed E-state index contributed by atoms with van der Waals surface area (Å²) in [4.78, 5) is 10.9. The van der Waals surface area contributed by atoms with Crippen molar-refractivity contribution in [2.75, 3.05) is 18.5 Å². The van der Waals surface area contributed by atoms with E-state index in [1.807, 2.05) is 7.05 Å². The molecular weight excluding hydrogens is 226 g/mol. The van der Waals surface area contributed by atoms with E-state index in [9.17, 15) is 5.11 Å². The van der Waals surface area contributed by atoms with Crippen LogP contribution in [0.25, 0.3) is 0 Å². The quantitative estimate of drug-likeness (QED) is 0.883. The Balaban J connectivity index is 1.80. The van der Waals surface area contributed by atoms with Crippen LogP contribution < -0.4 is 4.90 Å². The van der Waals surface area contributed by atoms with Crippen molar-refractivity contribution in [3.8, 4) is 0 Å².